The number of thiophene rings is 1. The molecule has 0 aromatic carbocycles. The SMILES string of the molecule is Cc1ccc2c(N)c(C(=O)NCCSCCCO)sc2n1. The van der Waals surface area contributed by atoms with Crippen LogP contribution < -0.4 is 11.1 Å². The Labute approximate surface area is 131 Å². The lowest BCUT2D eigenvalue weighted by molar-refractivity contribution is 0.0961. The van der Waals surface area contributed by atoms with Gasteiger partial charge in [0.1, 0.15) is 9.71 Å². The monoisotopic (exact) mass is 325 g/mol. The molecule has 1 amide bonds. The molecule has 0 saturated carbocycles. The van der Waals surface area contributed by atoms with Crippen molar-refractivity contribution in [3.8, 4) is 0 Å². The third-order valence-corrected chi connectivity index (χ3v) is 5.10. The number of amides is 1. The summed E-state index contributed by atoms with van der Waals surface area (Å²) in [5.74, 6) is 1.59. The first kappa shape index (κ1) is 16.1. The highest BCUT2D eigenvalue weighted by Crippen LogP contribution is 2.32. The Morgan fingerprint density at radius 1 is 1.48 bits per heavy atom. The molecule has 21 heavy (non-hydrogen) atoms. The van der Waals surface area contributed by atoms with Crippen molar-refractivity contribution >= 4 is 44.9 Å². The number of nitrogens with one attached hydrogen (secondary N) is 1. The molecule has 0 spiro atoms. The molecule has 2 heterocycles. The van der Waals surface area contributed by atoms with Crippen LogP contribution in [-0.2, 0) is 0 Å². The average Bonchev–Trinajstić information content (AvgIpc) is 2.79. The summed E-state index contributed by atoms with van der Waals surface area (Å²) in [7, 11) is 0. The number of hydrogen-bond donors (Lipinski definition) is 3. The highest BCUT2D eigenvalue weighted by Gasteiger charge is 2.16. The predicted molar refractivity (Wildman–Crippen MR) is 90.1 cm³/mol. The Bertz CT molecular complexity index is 628. The number of hydrogen-bond acceptors (Lipinski definition) is 6. The zero-order valence-electron chi connectivity index (χ0n) is 11.9. The Balaban J connectivity index is 1.95. The van der Waals surface area contributed by atoms with E-state index in [0.29, 0.717) is 17.1 Å². The summed E-state index contributed by atoms with van der Waals surface area (Å²) in [5, 5.41) is 12.4. The van der Waals surface area contributed by atoms with Gasteiger partial charge < -0.3 is 16.2 Å². The van der Waals surface area contributed by atoms with Crippen LogP contribution in [0.4, 0.5) is 5.69 Å². The Hall–Kier alpha value is -1.31. The van der Waals surface area contributed by atoms with E-state index in [-0.39, 0.29) is 12.5 Å². The van der Waals surface area contributed by atoms with Gasteiger partial charge in [0.2, 0.25) is 0 Å². The van der Waals surface area contributed by atoms with Gasteiger partial charge in [-0.1, -0.05) is 0 Å². The Kier molecular flexibility index (Phi) is 5.84. The highest BCUT2D eigenvalue weighted by molar-refractivity contribution is 7.99. The van der Waals surface area contributed by atoms with E-state index >= 15 is 0 Å². The highest BCUT2D eigenvalue weighted by atomic mass is 32.2. The number of nitrogens with two attached hydrogens (primary N) is 1. The van der Waals surface area contributed by atoms with E-state index in [0.717, 1.165) is 33.8 Å². The van der Waals surface area contributed by atoms with Crippen LogP contribution in [0.15, 0.2) is 12.1 Å². The minimum Gasteiger partial charge on any atom is -0.397 e. The van der Waals surface area contributed by atoms with Crippen LogP contribution in [0.1, 0.15) is 21.8 Å². The molecule has 0 fully saturated rings. The number of anilines is 1. The lowest BCUT2D eigenvalue weighted by atomic mass is 10.2. The van der Waals surface area contributed by atoms with Crippen LogP contribution in [0, 0.1) is 6.92 Å². The number of carbonyl (C=O) groups is 1. The number of aromatic nitrogens is 1. The maximum absolute atomic E-state index is 12.2. The number of aliphatic hydroxyl groups excluding tert-OH is 1. The van der Waals surface area contributed by atoms with E-state index in [4.69, 9.17) is 10.8 Å². The van der Waals surface area contributed by atoms with E-state index in [1.807, 2.05) is 19.1 Å². The summed E-state index contributed by atoms with van der Waals surface area (Å²) in [6.45, 7) is 2.72. The fourth-order valence-electron chi connectivity index (χ4n) is 1.84. The lowest BCUT2D eigenvalue weighted by Crippen LogP contribution is -2.25. The summed E-state index contributed by atoms with van der Waals surface area (Å²) in [6.07, 6.45) is 0.785. The smallest absolute Gasteiger partial charge is 0.263 e. The molecular formula is C14H19N3O2S2. The first-order chi connectivity index (χ1) is 10.1. The van der Waals surface area contributed by atoms with E-state index in [2.05, 4.69) is 10.3 Å². The number of thioether (sulfide) groups is 1. The van der Waals surface area contributed by atoms with Gasteiger partial charge in [-0.2, -0.15) is 11.8 Å². The third kappa shape index (κ3) is 4.09. The second kappa shape index (κ2) is 7.63. The number of aryl methyl sites for hydroxylation is 1. The number of fused-ring (bicyclic) bond motifs is 1. The van der Waals surface area contributed by atoms with Crippen LogP contribution in [0.25, 0.3) is 10.2 Å². The fraction of sp³-hybridized carbons (Fsp3) is 0.429. The van der Waals surface area contributed by atoms with Crippen molar-refractivity contribution in [2.45, 2.75) is 13.3 Å². The summed E-state index contributed by atoms with van der Waals surface area (Å²) in [4.78, 5) is 17.9. The van der Waals surface area contributed by atoms with Gasteiger partial charge in [-0.3, -0.25) is 4.79 Å². The van der Waals surface area contributed by atoms with Crippen molar-refractivity contribution in [3.05, 3.63) is 22.7 Å². The number of aliphatic hydroxyl groups is 1. The molecule has 0 aliphatic heterocycles. The standard InChI is InChI=1S/C14H19N3O2S2/c1-9-3-4-10-11(15)12(21-14(10)17-9)13(19)16-5-8-20-7-2-6-18/h3-4,18H,2,5-8,15H2,1H3,(H,16,19). The third-order valence-electron chi connectivity index (χ3n) is 2.92. The van der Waals surface area contributed by atoms with E-state index < -0.39 is 0 Å². The van der Waals surface area contributed by atoms with Crippen molar-refractivity contribution in [2.75, 3.05) is 30.4 Å². The maximum Gasteiger partial charge on any atom is 0.263 e. The second-order valence-corrected chi connectivity index (χ2v) is 6.82. The van der Waals surface area contributed by atoms with Crippen LogP contribution in [0.5, 0.6) is 0 Å². The topological polar surface area (TPSA) is 88.2 Å². The minimum absolute atomic E-state index is 0.143. The largest absolute Gasteiger partial charge is 0.397 e. The molecular weight excluding hydrogens is 306 g/mol. The molecule has 2 aromatic heterocycles. The molecule has 0 unspecified atom stereocenters. The Morgan fingerprint density at radius 2 is 2.29 bits per heavy atom. The summed E-state index contributed by atoms with van der Waals surface area (Å²) < 4.78 is 0. The molecule has 0 bridgehead atoms. The molecule has 0 saturated heterocycles. The number of pyridine rings is 1. The van der Waals surface area contributed by atoms with Crippen molar-refractivity contribution in [2.24, 2.45) is 0 Å². The van der Waals surface area contributed by atoms with Gasteiger partial charge >= 0.3 is 0 Å². The zero-order chi connectivity index (χ0) is 15.2. The molecule has 0 aliphatic rings. The van der Waals surface area contributed by atoms with Crippen molar-refractivity contribution in [1.29, 1.82) is 0 Å². The quantitative estimate of drug-likeness (QED) is 0.678. The normalized spacial score (nSPS) is 11.0. The second-order valence-electron chi connectivity index (χ2n) is 4.60. The number of carbonyl (C=O) groups excluding carboxylic acids is 1. The van der Waals surface area contributed by atoms with Crippen molar-refractivity contribution in [1.82, 2.24) is 10.3 Å². The van der Waals surface area contributed by atoms with E-state index in [9.17, 15) is 4.79 Å². The predicted octanol–water partition coefficient (Wildman–Crippen LogP) is 2.03. The lowest BCUT2D eigenvalue weighted by Gasteiger charge is -2.04. The van der Waals surface area contributed by atoms with Crippen molar-refractivity contribution in [3.63, 3.8) is 0 Å². The number of nitrogens with zero attached hydrogens (tertiary/aromatic N) is 1. The molecule has 4 N–H and O–H groups in total. The van der Waals surface area contributed by atoms with Gasteiger partial charge in [0.25, 0.3) is 5.91 Å². The van der Waals surface area contributed by atoms with Crippen LogP contribution in [0.3, 0.4) is 0 Å². The van der Waals surface area contributed by atoms with Crippen LogP contribution >= 0.6 is 23.1 Å². The number of nitrogen functional groups attached to an aromatic ring is 1. The van der Waals surface area contributed by atoms with E-state index in [1.54, 1.807) is 11.8 Å². The minimum atomic E-state index is -0.143. The molecule has 0 aliphatic carbocycles. The van der Waals surface area contributed by atoms with E-state index in [1.165, 1.54) is 11.3 Å². The maximum atomic E-state index is 12.2. The van der Waals surface area contributed by atoms with Gasteiger partial charge in [-0.05, 0) is 31.2 Å². The van der Waals surface area contributed by atoms with Gasteiger partial charge in [-0.25, -0.2) is 4.98 Å². The van der Waals surface area contributed by atoms with Crippen LogP contribution in [0.2, 0.25) is 0 Å². The zero-order valence-corrected chi connectivity index (χ0v) is 13.5. The van der Waals surface area contributed by atoms with Gasteiger partial charge in [0.05, 0.1) is 5.69 Å². The first-order valence-electron chi connectivity index (χ1n) is 6.76. The molecule has 114 valence electrons. The summed E-state index contributed by atoms with van der Waals surface area (Å²) >= 11 is 3.04. The van der Waals surface area contributed by atoms with Gasteiger partial charge in [0, 0.05) is 30.0 Å². The van der Waals surface area contributed by atoms with Gasteiger partial charge in [-0.15, -0.1) is 11.3 Å². The number of rotatable bonds is 7. The summed E-state index contributed by atoms with van der Waals surface area (Å²) in [5.41, 5.74) is 7.46. The molecule has 0 radical (unpaired) electrons. The first-order valence-corrected chi connectivity index (χ1v) is 8.73. The molecule has 2 aromatic rings. The van der Waals surface area contributed by atoms with Crippen molar-refractivity contribution < 1.29 is 9.90 Å². The Morgan fingerprint density at radius 3 is 3.05 bits per heavy atom. The fourth-order valence-corrected chi connectivity index (χ4v) is 3.68. The average molecular weight is 325 g/mol. The van der Waals surface area contributed by atoms with Crippen LogP contribution in [-0.4, -0.2) is 40.7 Å². The molecule has 7 heteroatoms. The molecule has 2 rings (SSSR count). The molecule has 0 atom stereocenters. The molecule has 5 nitrogen and oxygen atoms in total. The van der Waals surface area contributed by atoms with Gasteiger partial charge in [0.15, 0.2) is 0 Å². The summed E-state index contributed by atoms with van der Waals surface area (Å²) in [6, 6.07) is 3.80.